The third-order valence-corrected chi connectivity index (χ3v) is 8.05. The van der Waals surface area contributed by atoms with Gasteiger partial charge < -0.3 is 24.1 Å². The van der Waals surface area contributed by atoms with Gasteiger partial charge in [-0.15, -0.1) is 0 Å². The minimum absolute atomic E-state index is 0.0275. The first-order valence-corrected chi connectivity index (χ1v) is 14.7. The van der Waals surface area contributed by atoms with Crippen molar-refractivity contribution in [3.63, 3.8) is 0 Å². The second kappa shape index (κ2) is 13.3. The smallest absolute Gasteiger partial charge is 0.422 e. The Morgan fingerprint density at radius 1 is 0.977 bits per heavy atom. The molecule has 1 N–H and O–H groups in total. The van der Waals surface area contributed by atoms with Gasteiger partial charge in [0.05, 0.1) is 31.0 Å². The predicted molar refractivity (Wildman–Crippen MR) is 154 cm³/mol. The molecule has 2 fully saturated rings. The fourth-order valence-corrected chi connectivity index (χ4v) is 5.80. The van der Waals surface area contributed by atoms with Gasteiger partial charge >= 0.3 is 18.2 Å². The van der Waals surface area contributed by atoms with E-state index in [2.05, 4.69) is 15.0 Å². The lowest BCUT2D eigenvalue weighted by molar-refractivity contribution is -0.154. The lowest BCUT2D eigenvalue weighted by Crippen LogP contribution is -2.30. The van der Waals surface area contributed by atoms with Gasteiger partial charge in [0.2, 0.25) is 5.88 Å². The molecule has 3 aromatic rings. The number of methoxy groups -OCH3 is 1. The summed E-state index contributed by atoms with van der Waals surface area (Å²) in [5, 5.41) is 9.36. The quantitative estimate of drug-likeness (QED) is 0.234. The van der Waals surface area contributed by atoms with Crippen LogP contribution in [0, 0.1) is 19.8 Å². The van der Waals surface area contributed by atoms with Crippen LogP contribution in [0.25, 0.3) is 11.1 Å². The van der Waals surface area contributed by atoms with Gasteiger partial charge in [0.25, 0.3) is 0 Å². The Morgan fingerprint density at radius 2 is 1.64 bits per heavy atom. The number of ether oxygens (including phenoxy) is 4. The van der Waals surface area contributed by atoms with Crippen LogP contribution in [0.2, 0.25) is 0 Å². The molecule has 236 valence electrons. The summed E-state index contributed by atoms with van der Waals surface area (Å²) in [6, 6.07) is 8.82. The van der Waals surface area contributed by atoms with E-state index < -0.39 is 18.8 Å². The van der Waals surface area contributed by atoms with E-state index >= 15 is 0 Å². The molecule has 1 unspecified atom stereocenters. The summed E-state index contributed by atoms with van der Waals surface area (Å²) in [5.74, 6) is 1.23. The van der Waals surface area contributed by atoms with Crippen LogP contribution in [0.15, 0.2) is 36.5 Å². The largest absolute Gasteiger partial charge is 0.497 e. The van der Waals surface area contributed by atoms with E-state index in [1.807, 2.05) is 18.2 Å². The maximum absolute atomic E-state index is 12.6. The van der Waals surface area contributed by atoms with Crippen LogP contribution in [-0.4, -0.2) is 58.1 Å². The normalized spacial score (nSPS) is 19.2. The summed E-state index contributed by atoms with van der Waals surface area (Å²) < 4.78 is 60.8. The summed E-state index contributed by atoms with van der Waals surface area (Å²) in [7, 11) is 1.56. The molecule has 0 amide bonds. The van der Waals surface area contributed by atoms with Crippen molar-refractivity contribution in [2.45, 2.75) is 83.1 Å². The number of pyridine rings is 1. The second-order valence-corrected chi connectivity index (χ2v) is 11.4. The minimum Gasteiger partial charge on any atom is -0.497 e. The Balaban J connectivity index is 1.25. The first kappa shape index (κ1) is 31.3. The molecule has 2 aliphatic carbocycles. The number of carbonyl (C=O) groups is 1. The van der Waals surface area contributed by atoms with E-state index in [0.717, 1.165) is 44.1 Å². The monoisotopic (exact) mass is 615 g/mol. The van der Waals surface area contributed by atoms with Gasteiger partial charge in [0.1, 0.15) is 17.6 Å². The summed E-state index contributed by atoms with van der Waals surface area (Å²) in [6.07, 6.45) is 2.15. The minimum atomic E-state index is -4.49. The Morgan fingerprint density at radius 3 is 2.23 bits per heavy atom. The second-order valence-electron chi connectivity index (χ2n) is 11.4. The summed E-state index contributed by atoms with van der Waals surface area (Å²) in [4.78, 5) is 24.1. The predicted octanol–water partition coefficient (Wildman–Crippen LogP) is 6.84. The van der Waals surface area contributed by atoms with Crippen LogP contribution in [-0.2, 0) is 4.79 Å². The lowest BCUT2D eigenvalue weighted by Gasteiger charge is -2.30. The van der Waals surface area contributed by atoms with Gasteiger partial charge in [0, 0.05) is 29.5 Å². The van der Waals surface area contributed by atoms with Crippen LogP contribution in [0.3, 0.4) is 0 Å². The van der Waals surface area contributed by atoms with Crippen molar-refractivity contribution in [2.24, 2.45) is 5.92 Å². The molecule has 0 spiro atoms. The zero-order valence-corrected chi connectivity index (χ0v) is 24.9. The molecule has 2 saturated carbocycles. The molecule has 0 bridgehead atoms. The van der Waals surface area contributed by atoms with Crippen molar-refractivity contribution >= 4 is 5.97 Å². The van der Waals surface area contributed by atoms with E-state index in [-0.39, 0.29) is 30.6 Å². The molecule has 0 radical (unpaired) electrons. The molecule has 5 rings (SSSR count). The number of hydrogen-bond donors (Lipinski definition) is 1. The molecule has 2 heterocycles. The Labute approximate surface area is 253 Å². The maximum Gasteiger partial charge on any atom is 0.422 e. The Hall–Kier alpha value is -4.09. The summed E-state index contributed by atoms with van der Waals surface area (Å²) in [6.45, 7) is 1.92. The zero-order chi connectivity index (χ0) is 31.4. The fraction of sp³-hybridized carbons (Fsp3) is 0.500. The van der Waals surface area contributed by atoms with Crippen LogP contribution in [0.1, 0.15) is 67.8 Å². The number of aromatic nitrogens is 3. The molecule has 0 aliphatic heterocycles. The van der Waals surface area contributed by atoms with Crippen LogP contribution in [0.5, 0.6) is 23.4 Å². The highest BCUT2D eigenvalue weighted by Crippen LogP contribution is 2.45. The highest BCUT2D eigenvalue weighted by atomic mass is 19.4. The number of hydrogen-bond acceptors (Lipinski definition) is 8. The van der Waals surface area contributed by atoms with Gasteiger partial charge in [0.15, 0.2) is 6.61 Å². The van der Waals surface area contributed by atoms with E-state index in [0.29, 0.717) is 45.8 Å². The van der Waals surface area contributed by atoms with Crippen molar-refractivity contribution in [1.82, 2.24) is 15.0 Å². The molecule has 44 heavy (non-hydrogen) atoms. The number of halogens is 3. The van der Waals surface area contributed by atoms with Crippen LogP contribution < -0.4 is 18.9 Å². The van der Waals surface area contributed by atoms with E-state index in [1.165, 1.54) is 0 Å². The summed E-state index contributed by atoms with van der Waals surface area (Å²) in [5.41, 5.74) is 3.23. The van der Waals surface area contributed by atoms with Gasteiger partial charge in [-0.3, -0.25) is 4.79 Å². The maximum atomic E-state index is 12.6. The van der Waals surface area contributed by atoms with Crippen molar-refractivity contribution in [1.29, 1.82) is 0 Å². The third kappa shape index (κ3) is 8.09. The third-order valence-electron chi connectivity index (χ3n) is 8.05. The van der Waals surface area contributed by atoms with Gasteiger partial charge in [-0.25, -0.2) is 4.98 Å². The average Bonchev–Trinajstić information content (AvgIpc) is 3.81. The lowest BCUT2D eigenvalue weighted by atomic mass is 9.91. The van der Waals surface area contributed by atoms with Gasteiger partial charge in [-0.05, 0) is 88.0 Å². The number of carboxylic acids is 1. The van der Waals surface area contributed by atoms with E-state index in [9.17, 15) is 23.1 Å². The molecule has 9 nitrogen and oxygen atoms in total. The molecule has 12 heteroatoms. The van der Waals surface area contributed by atoms with Crippen molar-refractivity contribution in [3.8, 4) is 34.5 Å². The highest BCUT2D eigenvalue weighted by molar-refractivity contribution is 5.75. The zero-order valence-electron chi connectivity index (χ0n) is 24.9. The number of alkyl halides is 3. The number of aryl methyl sites for hydroxylation is 2. The van der Waals surface area contributed by atoms with Crippen molar-refractivity contribution in [2.75, 3.05) is 13.7 Å². The standard InChI is InChI=1S/C32H36F3N3O6/c1-18-30(19(2)38-31(37-18)42-17-32(33,34)35)25-11-10-24(41-3)15-27(25)43-22-6-8-23(9-7-22)44-28-14-21(12-13-36-28)26(16-29(39)40)20-4-5-20/h10-15,20,22-23,26H,4-9,16-17H2,1-3H3,(H,39,40). The van der Waals surface area contributed by atoms with Crippen LogP contribution in [0.4, 0.5) is 13.2 Å². The number of carboxylic acid groups (broad SMARTS) is 1. The summed E-state index contributed by atoms with van der Waals surface area (Å²) >= 11 is 0. The van der Waals surface area contributed by atoms with Crippen LogP contribution >= 0.6 is 0 Å². The SMILES string of the molecule is COc1ccc(-c2c(C)nc(OCC(F)(F)F)nc2C)c(OC2CCC(Oc3cc(C(CC(=O)O)C4CC4)ccn3)CC2)c1. The number of aliphatic carboxylic acids is 1. The molecular weight excluding hydrogens is 579 g/mol. The van der Waals surface area contributed by atoms with Gasteiger partial charge in [-0.2, -0.15) is 23.1 Å². The molecule has 1 aromatic carbocycles. The van der Waals surface area contributed by atoms with Gasteiger partial charge in [-0.1, -0.05) is 0 Å². The molecule has 2 aromatic heterocycles. The average molecular weight is 616 g/mol. The number of nitrogens with zero attached hydrogens (tertiary/aromatic N) is 3. The number of rotatable bonds is 12. The topological polar surface area (TPSA) is 113 Å². The van der Waals surface area contributed by atoms with Crippen molar-refractivity contribution in [3.05, 3.63) is 53.5 Å². The van der Waals surface area contributed by atoms with E-state index in [1.54, 1.807) is 39.3 Å². The molecule has 1 atom stereocenters. The fourth-order valence-electron chi connectivity index (χ4n) is 5.80. The Bertz CT molecular complexity index is 1450. The molecule has 2 aliphatic rings. The van der Waals surface area contributed by atoms with E-state index in [4.69, 9.17) is 18.9 Å². The van der Waals surface area contributed by atoms with Crippen molar-refractivity contribution < 1.29 is 42.0 Å². The number of benzene rings is 1. The Kier molecular flexibility index (Phi) is 9.45. The molecular formula is C32H36F3N3O6. The first-order valence-electron chi connectivity index (χ1n) is 14.7. The highest BCUT2D eigenvalue weighted by Gasteiger charge is 2.34. The molecule has 0 saturated heterocycles. The first-order chi connectivity index (χ1) is 21.0.